The molecule has 4 nitrogen and oxygen atoms in total. The number of methoxy groups -OCH3 is 1. The lowest BCUT2D eigenvalue weighted by Gasteiger charge is -2.12. The molecule has 1 aromatic carbocycles. The first-order valence-electron chi connectivity index (χ1n) is 5.41. The third-order valence-electron chi connectivity index (χ3n) is 2.30. The molecule has 1 aromatic rings. The lowest BCUT2D eigenvalue weighted by atomic mass is 10.1. The smallest absolute Gasteiger partial charge is 0.419 e. The molecule has 102 valence electrons. The predicted molar refractivity (Wildman–Crippen MR) is 65.7 cm³/mol. The summed E-state index contributed by atoms with van der Waals surface area (Å²) in [5.41, 5.74) is 7.85. The standard InChI is InChI=1S/C12H12F3N3O/c1-19-11-8-9(4-2-3-7-17-18-16)5-6-10(11)12(13,14)15/h2,4-6,8H,3,7H2,1H3. The van der Waals surface area contributed by atoms with Crippen molar-refractivity contribution in [3.8, 4) is 5.75 Å². The van der Waals surface area contributed by atoms with Crippen LogP contribution in [0.4, 0.5) is 13.2 Å². The summed E-state index contributed by atoms with van der Waals surface area (Å²) in [5.74, 6) is -0.218. The van der Waals surface area contributed by atoms with Crippen LogP contribution < -0.4 is 4.74 Å². The van der Waals surface area contributed by atoms with Gasteiger partial charge in [0.25, 0.3) is 0 Å². The van der Waals surface area contributed by atoms with E-state index in [1.807, 2.05) is 0 Å². The minimum absolute atomic E-state index is 0.218. The number of halogens is 3. The molecule has 0 atom stereocenters. The highest BCUT2D eigenvalue weighted by Crippen LogP contribution is 2.36. The molecule has 0 saturated carbocycles. The molecule has 0 saturated heterocycles. The summed E-state index contributed by atoms with van der Waals surface area (Å²) >= 11 is 0. The summed E-state index contributed by atoms with van der Waals surface area (Å²) in [4.78, 5) is 2.59. The molecular weight excluding hydrogens is 259 g/mol. The van der Waals surface area contributed by atoms with E-state index in [-0.39, 0.29) is 5.75 Å². The van der Waals surface area contributed by atoms with E-state index in [1.54, 1.807) is 12.2 Å². The second-order valence-corrected chi connectivity index (χ2v) is 3.60. The van der Waals surface area contributed by atoms with Gasteiger partial charge in [-0.3, -0.25) is 0 Å². The zero-order valence-electron chi connectivity index (χ0n) is 10.2. The number of azide groups is 1. The first-order valence-corrected chi connectivity index (χ1v) is 5.41. The summed E-state index contributed by atoms with van der Waals surface area (Å²) in [6.45, 7) is 0.310. The van der Waals surface area contributed by atoms with E-state index in [1.165, 1.54) is 19.2 Å². The van der Waals surface area contributed by atoms with Gasteiger partial charge in [0.05, 0.1) is 12.7 Å². The number of ether oxygens (including phenoxy) is 1. The Balaban J connectivity index is 2.85. The van der Waals surface area contributed by atoms with Crippen molar-refractivity contribution >= 4 is 6.08 Å². The van der Waals surface area contributed by atoms with Crippen LogP contribution in [0.1, 0.15) is 17.5 Å². The number of benzene rings is 1. The fraction of sp³-hybridized carbons (Fsp3) is 0.333. The van der Waals surface area contributed by atoms with Crippen molar-refractivity contribution in [2.75, 3.05) is 13.7 Å². The van der Waals surface area contributed by atoms with E-state index >= 15 is 0 Å². The largest absolute Gasteiger partial charge is 0.496 e. The Labute approximate surface area is 108 Å². The number of nitrogens with zero attached hydrogens (tertiary/aromatic N) is 3. The normalized spacial score (nSPS) is 11.4. The summed E-state index contributed by atoms with van der Waals surface area (Å²) < 4.78 is 42.6. The number of hydrogen-bond acceptors (Lipinski definition) is 2. The summed E-state index contributed by atoms with van der Waals surface area (Å²) in [7, 11) is 1.19. The predicted octanol–water partition coefficient (Wildman–Crippen LogP) is 4.43. The SMILES string of the molecule is COc1cc(C=CCCN=[N+]=[N-])ccc1C(F)(F)F. The van der Waals surface area contributed by atoms with Gasteiger partial charge in [0.1, 0.15) is 5.75 Å². The van der Waals surface area contributed by atoms with Gasteiger partial charge in [0.15, 0.2) is 0 Å². The molecular formula is C12H12F3N3O. The van der Waals surface area contributed by atoms with Gasteiger partial charge < -0.3 is 4.74 Å². The Bertz CT molecular complexity index is 505. The monoisotopic (exact) mass is 271 g/mol. The van der Waals surface area contributed by atoms with E-state index in [9.17, 15) is 13.2 Å². The maximum absolute atomic E-state index is 12.6. The van der Waals surface area contributed by atoms with Gasteiger partial charge in [-0.25, -0.2) is 0 Å². The zero-order valence-corrected chi connectivity index (χ0v) is 10.2. The molecule has 0 bridgehead atoms. The van der Waals surface area contributed by atoms with Crippen LogP contribution in [0.5, 0.6) is 5.75 Å². The van der Waals surface area contributed by atoms with Gasteiger partial charge in [-0.05, 0) is 29.6 Å². The Morgan fingerprint density at radius 1 is 1.42 bits per heavy atom. The second-order valence-electron chi connectivity index (χ2n) is 3.60. The van der Waals surface area contributed by atoms with Gasteiger partial charge >= 0.3 is 6.18 Å². The topological polar surface area (TPSA) is 58.0 Å². The average molecular weight is 271 g/mol. The minimum Gasteiger partial charge on any atom is -0.496 e. The van der Waals surface area contributed by atoms with Crippen LogP contribution in [0.3, 0.4) is 0 Å². The van der Waals surface area contributed by atoms with Crippen LogP contribution in [0.2, 0.25) is 0 Å². The number of hydrogen-bond donors (Lipinski definition) is 0. The molecule has 1 rings (SSSR count). The maximum atomic E-state index is 12.6. The van der Waals surface area contributed by atoms with Crippen LogP contribution in [0, 0.1) is 0 Å². The van der Waals surface area contributed by atoms with Gasteiger partial charge in [-0.1, -0.05) is 23.3 Å². The van der Waals surface area contributed by atoms with Crippen LogP contribution in [-0.4, -0.2) is 13.7 Å². The van der Waals surface area contributed by atoms with Crippen LogP contribution >= 0.6 is 0 Å². The Morgan fingerprint density at radius 3 is 2.74 bits per heavy atom. The van der Waals surface area contributed by atoms with E-state index in [0.29, 0.717) is 18.5 Å². The molecule has 19 heavy (non-hydrogen) atoms. The molecule has 7 heteroatoms. The van der Waals surface area contributed by atoms with Gasteiger partial charge in [0, 0.05) is 11.5 Å². The highest BCUT2D eigenvalue weighted by atomic mass is 19.4. The van der Waals surface area contributed by atoms with Crippen molar-refractivity contribution in [1.29, 1.82) is 0 Å². The third-order valence-corrected chi connectivity index (χ3v) is 2.30. The van der Waals surface area contributed by atoms with Crippen molar-refractivity contribution in [2.45, 2.75) is 12.6 Å². The zero-order chi connectivity index (χ0) is 14.3. The molecule has 0 fully saturated rings. The highest BCUT2D eigenvalue weighted by Gasteiger charge is 2.34. The third kappa shape index (κ3) is 4.56. The van der Waals surface area contributed by atoms with Crippen molar-refractivity contribution < 1.29 is 17.9 Å². The molecule has 0 aliphatic heterocycles. The van der Waals surface area contributed by atoms with Crippen LogP contribution in [0.25, 0.3) is 16.5 Å². The van der Waals surface area contributed by atoms with Crippen LogP contribution in [0.15, 0.2) is 29.4 Å². The molecule has 0 aliphatic rings. The summed E-state index contributed by atoms with van der Waals surface area (Å²) in [6.07, 6.45) is -0.547. The first-order chi connectivity index (χ1) is 8.99. The van der Waals surface area contributed by atoms with Crippen LogP contribution in [-0.2, 0) is 6.18 Å². The average Bonchev–Trinajstić information content (AvgIpc) is 2.37. The number of alkyl halides is 3. The number of rotatable bonds is 5. The summed E-state index contributed by atoms with van der Waals surface area (Å²) in [6, 6.07) is 3.65. The Kier molecular flexibility index (Phi) is 5.26. The van der Waals surface area contributed by atoms with E-state index in [4.69, 9.17) is 10.3 Å². The minimum atomic E-state index is -4.44. The quantitative estimate of drug-likeness (QED) is 0.338. The van der Waals surface area contributed by atoms with Crippen molar-refractivity contribution in [2.24, 2.45) is 5.11 Å². The van der Waals surface area contributed by atoms with E-state index in [0.717, 1.165) is 6.07 Å². The molecule has 0 amide bonds. The molecule has 0 heterocycles. The first kappa shape index (κ1) is 14.9. The molecule has 0 unspecified atom stereocenters. The van der Waals surface area contributed by atoms with Crippen molar-refractivity contribution in [1.82, 2.24) is 0 Å². The van der Waals surface area contributed by atoms with Crippen molar-refractivity contribution in [3.63, 3.8) is 0 Å². The highest BCUT2D eigenvalue weighted by molar-refractivity contribution is 5.54. The molecule has 0 N–H and O–H groups in total. The van der Waals surface area contributed by atoms with E-state index < -0.39 is 11.7 Å². The fourth-order valence-corrected chi connectivity index (χ4v) is 1.44. The molecule has 0 aromatic heterocycles. The maximum Gasteiger partial charge on any atom is 0.419 e. The molecule has 0 aliphatic carbocycles. The Morgan fingerprint density at radius 2 is 2.16 bits per heavy atom. The second kappa shape index (κ2) is 6.70. The lowest BCUT2D eigenvalue weighted by molar-refractivity contribution is -0.138. The van der Waals surface area contributed by atoms with Gasteiger partial charge in [-0.15, -0.1) is 0 Å². The van der Waals surface area contributed by atoms with Crippen molar-refractivity contribution in [3.05, 3.63) is 45.8 Å². The summed E-state index contributed by atoms with van der Waals surface area (Å²) in [5, 5.41) is 3.34. The fourth-order valence-electron chi connectivity index (χ4n) is 1.44. The van der Waals surface area contributed by atoms with Gasteiger partial charge in [0.2, 0.25) is 0 Å². The molecule has 0 spiro atoms. The van der Waals surface area contributed by atoms with Gasteiger partial charge in [-0.2, -0.15) is 13.2 Å². The molecule has 0 radical (unpaired) electrons. The van der Waals surface area contributed by atoms with E-state index in [2.05, 4.69) is 10.0 Å². The lowest BCUT2D eigenvalue weighted by Crippen LogP contribution is -2.07. The Hall–Kier alpha value is -2.14.